The van der Waals surface area contributed by atoms with Gasteiger partial charge in [0.2, 0.25) is 5.91 Å². The van der Waals surface area contributed by atoms with Crippen LogP contribution in [0.3, 0.4) is 0 Å². The minimum absolute atomic E-state index is 0. The van der Waals surface area contributed by atoms with E-state index in [4.69, 9.17) is 11.6 Å². The van der Waals surface area contributed by atoms with Crippen LogP contribution in [-0.2, 0) is 11.2 Å². The Hall–Kier alpha value is -1.02. The number of nitrogens with zero attached hydrogens (tertiary/aromatic N) is 3. The molecule has 1 saturated carbocycles. The monoisotopic (exact) mass is 476 g/mol. The number of carbonyl (C=O) groups excluding carboxylic acids is 1. The van der Waals surface area contributed by atoms with Gasteiger partial charge in [0.05, 0.1) is 6.42 Å². The highest BCUT2D eigenvalue weighted by Gasteiger charge is 2.31. The lowest BCUT2D eigenvalue weighted by Crippen LogP contribution is -2.58. The number of benzene rings is 1. The molecule has 1 atom stereocenters. The van der Waals surface area contributed by atoms with Gasteiger partial charge in [0.15, 0.2) is 5.96 Å². The molecule has 1 amide bonds. The van der Waals surface area contributed by atoms with Crippen molar-refractivity contribution >= 4 is 47.4 Å². The molecular weight excluding hydrogens is 451 g/mol. The zero-order valence-electron chi connectivity index (χ0n) is 14.7. The van der Waals surface area contributed by atoms with Crippen LogP contribution in [0.15, 0.2) is 29.3 Å². The molecule has 0 bridgehead atoms. The first kappa shape index (κ1) is 20.3. The van der Waals surface area contributed by atoms with Gasteiger partial charge in [-0.3, -0.25) is 9.79 Å². The van der Waals surface area contributed by atoms with Gasteiger partial charge in [0.25, 0.3) is 0 Å². The van der Waals surface area contributed by atoms with E-state index >= 15 is 0 Å². The summed E-state index contributed by atoms with van der Waals surface area (Å²) in [6, 6.07) is 8.29. The van der Waals surface area contributed by atoms with Gasteiger partial charge in [-0.2, -0.15) is 0 Å². The van der Waals surface area contributed by atoms with Crippen molar-refractivity contribution < 1.29 is 4.79 Å². The zero-order chi connectivity index (χ0) is 17.1. The maximum Gasteiger partial charge on any atom is 0.227 e. The molecule has 7 heteroatoms. The second-order valence-electron chi connectivity index (χ2n) is 6.65. The Bertz CT molecular complexity index is 635. The average molecular weight is 477 g/mol. The summed E-state index contributed by atoms with van der Waals surface area (Å²) in [5.74, 6) is 1.13. The molecular formula is C18H26ClIN4O. The van der Waals surface area contributed by atoms with Crippen LogP contribution >= 0.6 is 35.6 Å². The van der Waals surface area contributed by atoms with Crippen LogP contribution in [0, 0.1) is 0 Å². The molecule has 3 rings (SSSR count). The number of halogens is 2. The van der Waals surface area contributed by atoms with E-state index in [1.54, 1.807) is 0 Å². The number of hydrogen-bond donors (Lipinski definition) is 1. The van der Waals surface area contributed by atoms with E-state index in [-0.39, 0.29) is 35.9 Å². The molecule has 0 radical (unpaired) electrons. The van der Waals surface area contributed by atoms with Crippen molar-refractivity contribution in [3.8, 4) is 0 Å². The lowest BCUT2D eigenvalue weighted by atomic mass is 10.1. The standard InChI is InChI=1S/C18H25ClN4O.HI/c1-13-12-22(18(20-2)21-16-6-7-16)8-9-23(13)17(24)11-14-4-3-5-15(19)10-14;/h3-5,10,13,16H,6-9,11-12H2,1-2H3,(H,20,21);1H. The molecule has 0 spiro atoms. The van der Waals surface area contributed by atoms with E-state index in [9.17, 15) is 4.79 Å². The molecule has 2 aliphatic rings. The smallest absolute Gasteiger partial charge is 0.227 e. The summed E-state index contributed by atoms with van der Waals surface area (Å²) in [5, 5.41) is 4.15. The second kappa shape index (κ2) is 9.07. The van der Waals surface area contributed by atoms with Crippen molar-refractivity contribution in [3.63, 3.8) is 0 Å². The first-order valence-corrected chi connectivity index (χ1v) is 8.97. The molecule has 0 aromatic heterocycles. The van der Waals surface area contributed by atoms with Crippen molar-refractivity contribution in [3.05, 3.63) is 34.9 Å². The van der Waals surface area contributed by atoms with Gasteiger partial charge in [-0.15, -0.1) is 24.0 Å². The van der Waals surface area contributed by atoms with Crippen molar-refractivity contribution in [2.24, 2.45) is 4.99 Å². The molecule has 1 aliphatic heterocycles. The number of guanidine groups is 1. The molecule has 1 saturated heterocycles. The van der Waals surface area contributed by atoms with Crippen LogP contribution in [0.1, 0.15) is 25.3 Å². The van der Waals surface area contributed by atoms with E-state index in [1.165, 1.54) is 12.8 Å². The molecule has 2 fully saturated rings. The topological polar surface area (TPSA) is 47.9 Å². The number of nitrogens with one attached hydrogen (secondary N) is 1. The van der Waals surface area contributed by atoms with Gasteiger partial charge in [-0.25, -0.2) is 0 Å². The van der Waals surface area contributed by atoms with Crippen molar-refractivity contribution in [1.82, 2.24) is 15.1 Å². The zero-order valence-corrected chi connectivity index (χ0v) is 17.8. The predicted molar refractivity (Wildman–Crippen MR) is 113 cm³/mol. The number of hydrogen-bond acceptors (Lipinski definition) is 2. The fourth-order valence-corrected chi connectivity index (χ4v) is 3.36. The van der Waals surface area contributed by atoms with E-state index in [0.29, 0.717) is 17.5 Å². The van der Waals surface area contributed by atoms with Gasteiger partial charge < -0.3 is 15.1 Å². The molecule has 1 N–H and O–H groups in total. The van der Waals surface area contributed by atoms with Crippen molar-refractivity contribution in [2.75, 3.05) is 26.7 Å². The summed E-state index contributed by atoms with van der Waals surface area (Å²) >= 11 is 6.01. The Morgan fingerprint density at radius 3 is 2.72 bits per heavy atom. The van der Waals surface area contributed by atoms with E-state index < -0.39 is 0 Å². The lowest BCUT2D eigenvalue weighted by molar-refractivity contribution is -0.134. The Kier molecular flexibility index (Phi) is 7.37. The van der Waals surface area contributed by atoms with Gasteiger partial charge in [0.1, 0.15) is 0 Å². The molecule has 1 aliphatic carbocycles. The van der Waals surface area contributed by atoms with Crippen LogP contribution in [0.5, 0.6) is 0 Å². The quantitative estimate of drug-likeness (QED) is 0.415. The minimum Gasteiger partial charge on any atom is -0.354 e. The summed E-state index contributed by atoms with van der Waals surface area (Å²) in [4.78, 5) is 21.3. The fraction of sp³-hybridized carbons (Fsp3) is 0.556. The normalized spacial score (nSPS) is 20.9. The number of carbonyl (C=O) groups is 1. The number of aliphatic imine (C=N–C) groups is 1. The van der Waals surface area contributed by atoms with Crippen LogP contribution in [-0.4, -0.2) is 60.4 Å². The highest BCUT2D eigenvalue weighted by Crippen LogP contribution is 2.20. The van der Waals surface area contributed by atoms with Crippen molar-refractivity contribution in [2.45, 2.75) is 38.3 Å². The van der Waals surface area contributed by atoms with Crippen LogP contribution in [0.25, 0.3) is 0 Å². The minimum atomic E-state index is 0. The summed E-state index contributed by atoms with van der Waals surface area (Å²) in [6.45, 7) is 4.46. The molecule has 1 unspecified atom stereocenters. The summed E-state index contributed by atoms with van der Waals surface area (Å²) in [7, 11) is 1.83. The third kappa shape index (κ3) is 5.48. The van der Waals surface area contributed by atoms with Crippen LogP contribution in [0.2, 0.25) is 5.02 Å². The third-order valence-electron chi connectivity index (χ3n) is 4.61. The first-order valence-electron chi connectivity index (χ1n) is 8.59. The van der Waals surface area contributed by atoms with Crippen LogP contribution in [0.4, 0.5) is 0 Å². The van der Waals surface area contributed by atoms with Crippen molar-refractivity contribution in [1.29, 1.82) is 0 Å². The average Bonchev–Trinajstić information content (AvgIpc) is 3.36. The van der Waals surface area contributed by atoms with Gasteiger partial charge in [0, 0.05) is 43.8 Å². The molecule has 1 aromatic carbocycles. The van der Waals surface area contributed by atoms with E-state index in [1.807, 2.05) is 36.2 Å². The fourth-order valence-electron chi connectivity index (χ4n) is 3.15. The number of piperazine rings is 1. The van der Waals surface area contributed by atoms with Gasteiger partial charge >= 0.3 is 0 Å². The lowest BCUT2D eigenvalue weighted by Gasteiger charge is -2.41. The third-order valence-corrected chi connectivity index (χ3v) is 4.85. The Labute approximate surface area is 171 Å². The molecule has 5 nitrogen and oxygen atoms in total. The Morgan fingerprint density at radius 2 is 2.12 bits per heavy atom. The maximum atomic E-state index is 12.6. The molecule has 25 heavy (non-hydrogen) atoms. The summed E-state index contributed by atoms with van der Waals surface area (Å²) in [6.07, 6.45) is 2.86. The second-order valence-corrected chi connectivity index (χ2v) is 7.09. The SMILES string of the molecule is CN=C(NC1CC1)N1CCN(C(=O)Cc2cccc(Cl)c2)C(C)C1.I. The molecule has 138 valence electrons. The van der Waals surface area contributed by atoms with Gasteiger partial charge in [-0.1, -0.05) is 23.7 Å². The predicted octanol–water partition coefficient (Wildman–Crippen LogP) is 2.77. The largest absolute Gasteiger partial charge is 0.354 e. The van der Waals surface area contributed by atoms with E-state index in [0.717, 1.165) is 31.2 Å². The van der Waals surface area contributed by atoms with E-state index in [2.05, 4.69) is 22.1 Å². The maximum absolute atomic E-state index is 12.6. The van der Waals surface area contributed by atoms with Gasteiger partial charge in [-0.05, 0) is 37.5 Å². The molecule has 1 aromatic rings. The number of rotatable bonds is 3. The van der Waals surface area contributed by atoms with Crippen LogP contribution < -0.4 is 5.32 Å². The Balaban J connectivity index is 0.00000225. The highest BCUT2D eigenvalue weighted by molar-refractivity contribution is 14.0. The molecule has 1 heterocycles. The first-order chi connectivity index (χ1) is 11.6. The highest BCUT2D eigenvalue weighted by atomic mass is 127. The summed E-state index contributed by atoms with van der Waals surface area (Å²) < 4.78 is 0. The Morgan fingerprint density at radius 1 is 1.36 bits per heavy atom. The number of amides is 1. The summed E-state index contributed by atoms with van der Waals surface area (Å²) in [5.41, 5.74) is 0.966.